The van der Waals surface area contributed by atoms with E-state index in [2.05, 4.69) is 15.7 Å². The summed E-state index contributed by atoms with van der Waals surface area (Å²) in [6.45, 7) is 3.94. The molecule has 7 nitrogen and oxygen atoms in total. The van der Waals surface area contributed by atoms with Crippen molar-refractivity contribution < 1.29 is 14.3 Å². The SMILES string of the molecule is COCC(=O)Nc1cccc(NC(=O)CCc2c(C)nn(C)c2C)c1. The Labute approximate surface area is 147 Å². The Morgan fingerprint density at radius 3 is 2.36 bits per heavy atom. The minimum Gasteiger partial charge on any atom is -0.375 e. The van der Waals surface area contributed by atoms with Gasteiger partial charge in [0.25, 0.3) is 0 Å². The highest BCUT2D eigenvalue weighted by atomic mass is 16.5. The fraction of sp³-hybridized carbons (Fsp3) is 0.389. The number of anilines is 2. The number of aromatic nitrogens is 2. The minimum atomic E-state index is -0.242. The van der Waals surface area contributed by atoms with Gasteiger partial charge in [0.15, 0.2) is 0 Å². The Kier molecular flexibility index (Phi) is 6.30. The van der Waals surface area contributed by atoms with Crippen molar-refractivity contribution in [2.24, 2.45) is 7.05 Å². The maximum Gasteiger partial charge on any atom is 0.250 e. The Morgan fingerprint density at radius 2 is 1.80 bits per heavy atom. The summed E-state index contributed by atoms with van der Waals surface area (Å²) in [5, 5.41) is 9.92. The molecule has 2 amide bonds. The van der Waals surface area contributed by atoms with Crippen LogP contribution in [0.25, 0.3) is 0 Å². The average Bonchev–Trinajstić information content (AvgIpc) is 2.78. The summed E-state index contributed by atoms with van der Waals surface area (Å²) < 4.78 is 6.61. The van der Waals surface area contributed by atoms with Crippen LogP contribution in [0.5, 0.6) is 0 Å². The van der Waals surface area contributed by atoms with E-state index in [1.165, 1.54) is 7.11 Å². The number of rotatable bonds is 7. The van der Waals surface area contributed by atoms with Crippen LogP contribution in [-0.2, 0) is 27.8 Å². The van der Waals surface area contributed by atoms with Gasteiger partial charge in [-0.3, -0.25) is 14.3 Å². The summed E-state index contributed by atoms with van der Waals surface area (Å²) in [5.41, 5.74) is 4.39. The summed E-state index contributed by atoms with van der Waals surface area (Å²) in [7, 11) is 3.36. The molecule has 0 bridgehead atoms. The molecule has 7 heteroatoms. The lowest BCUT2D eigenvalue weighted by atomic mass is 10.1. The normalized spacial score (nSPS) is 10.6. The summed E-state index contributed by atoms with van der Waals surface area (Å²) in [6.07, 6.45) is 1.01. The lowest BCUT2D eigenvalue weighted by molar-refractivity contribution is -0.119. The van der Waals surface area contributed by atoms with Gasteiger partial charge in [-0.05, 0) is 44.0 Å². The van der Waals surface area contributed by atoms with Crippen LogP contribution >= 0.6 is 0 Å². The van der Waals surface area contributed by atoms with Crippen molar-refractivity contribution in [3.05, 3.63) is 41.2 Å². The van der Waals surface area contributed by atoms with Gasteiger partial charge in [0.2, 0.25) is 11.8 Å². The molecule has 134 valence electrons. The molecule has 0 radical (unpaired) electrons. The smallest absolute Gasteiger partial charge is 0.250 e. The second-order valence-corrected chi connectivity index (χ2v) is 5.88. The fourth-order valence-corrected chi connectivity index (χ4v) is 2.64. The Hall–Kier alpha value is -2.67. The molecule has 0 saturated carbocycles. The topological polar surface area (TPSA) is 85.2 Å². The molecule has 1 aromatic carbocycles. The minimum absolute atomic E-state index is 0.0135. The molecular formula is C18H24N4O3. The number of methoxy groups -OCH3 is 1. The van der Waals surface area contributed by atoms with Crippen molar-refractivity contribution in [3.63, 3.8) is 0 Å². The number of benzene rings is 1. The highest BCUT2D eigenvalue weighted by molar-refractivity contribution is 5.94. The van der Waals surface area contributed by atoms with E-state index in [1.807, 2.05) is 25.6 Å². The van der Waals surface area contributed by atoms with E-state index in [1.54, 1.807) is 24.3 Å². The first-order valence-electron chi connectivity index (χ1n) is 8.08. The predicted octanol–water partition coefficient (Wildman–Crippen LogP) is 2.19. The third-order valence-electron chi connectivity index (χ3n) is 3.97. The van der Waals surface area contributed by atoms with Gasteiger partial charge < -0.3 is 15.4 Å². The number of ether oxygens (including phenoxy) is 1. The zero-order valence-corrected chi connectivity index (χ0v) is 15.0. The van der Waals surface area contributed by atoms with Gasteiger partial charge in [-0.1, -0.05) is 6.07 Å². The maximum atomic E-state index is 12.2. The molecule has 0 atom stereocenters. The first-order chi connectivity index (χ1) is 11.9. The first kappa shape index (κ1) is 18.7. The van der Waals surface area contributed by atoms with Gasteiger partial charge in [0.1, 0.15) is 6.61 Å². The van der Waals surface area contributed by atoms with Crippen LogP contribution in [0.2, 0.25) is 0 Å². The predicted molar refractivity (Wildman–Crippen MR) is 96.6 cm³/mol. The van der Waals surface area contributed by atoms with Crippen LogP contribution < -0.4 is 10.6 Å². The largest absolute Gasteiger partial charge is 0.375 e. The Balaban J connectivity index is 1.93. The van der Waals surface area contributed by atoms with Gasteiger partial charge >= 0.3 is 0 Å². The van der Waals surface area contributed by atoms with E-state index in [0.717, 1.165) is 17.0 Å². The second kappa shape index (κ2) is 8.43. The standard InChI is InChI=1S/C18H24N4O3/c1-12-16(13(2)22(3)21-12)8-9-17(23)19-14-6-5-7-15(10-14)20-18(24)11-25-4/h5-7,10H,8-9,11H2,1-4H3,(H,19,23)(H,20,24). The van der Waals surface area contributed by atoms with Crippen LogP contribution in [0.3, 0.4) is 0 Å². The Bertz CT molecular complexity index is 768. The van der Waals surface area contributed by atoms with E-state index in [0.29, 0.717) is 24.2 Å². The number of hydrogen-bond acceptors (Lipinski definition) is 4. The average molecular weight is 344 g/mol. The molecule has 1 aromatic heterocycles. The molecule has 0 saturated heterocycles. The molecule has 0 aliphatic carbocycles. The maximum absolute atomic E-state index is 12.2. The van der Waals surface area contributed by atoms with E-state index >= 15 is 0 Å². The number of nitrogens with one attached hydrogen (secondary N) is 2. The molecule has 2 N–H and O–H groups in total. The second-order valence-electron chi connectivity index (χ2n) is 5.88. The number of amides is 2. The number of carbonyl (C=O) groups is 2. The van der Waals surface area contributed by atoms with Crippen LogP contribution in [0.4, 0.5) is 11.4 Å². The Morgan fingerprint density at radius 1 is 1.16 bits per heavy atom. The van der Waals surface area contributed by atoms with Gasteiger partial charge in [-0.25, -0.2) is 0 Å². The lowest BCUT2D eigenvalue weighted by Gasteiger charge is -2.09. The molecule has 1 heterocycles. The van der Waals surface area contributed by atoms with Crippen molar-refractivity contribution in [1.82, 2.24) is 9.78 Å². The van der Waals surface area contributed by atoms with Crippen molar-refractivity contribution in [3.8, 4) is 0 Å². The van der Waals surface area contributed by atoms with Gasteiger partial charge in [-0.15, -0.1) is 0 Å². The molecule has 0 spiro atoms. The van der Waals surface area contributed by atoms with Crippen molar-refractivity contribution in [2.45, 2.75) is 26.7 Å². The van der Waals surface area contributed by atoms with Gasteiger partial charge in [0, 0.05) is 37.6 Å². The third kappa shape index (κ3) is 5.15. The number of carbonyl (C=O) groups excluding carboxylic acids is 2. The highest BCUT2D eigenvalue weighted by Gasteiger charge is 2.11. The summed E-state index contributed by atoms with van der Waals surface area (Å²) in [6, 6.07) is 7.02. The number of nitrogens with zero attached hydrogens (tertiary/aromatic N) is 2. The molecular weight excluding hydrogens is 320 g/mol. The number of hydrogen-bond donors (Lipinski definition) is 2. The van der Waals surface area contributed by atoms with Crippen LogP contribution in [0.1, 0.15) is 23.4 Å². The van der Waals surface area contributed by atoms with Gasteiger partial charge in [0.05, 0.1) is 5.69 Å². The molecule has 0 aliphatic rings. The van der Waals surface area contributed by atoms with Gasteiger partial charge in [-0.2, -0.15) is 5.10 Å². The molecule has 0 fully saturated rings. The molecule has 2 aromatic rings. The van der Waals surface area contributed by atoms with E-state index < -0.39 is 0 Å². The zero-order valence-electron chi connectivity index (χ0n) is 15.0. The molecule has 2 rings (SSSR count). The molecule has 0 unspecified atom stereocenters. The van der Waals surface area contributed by atoms with Crippen molar-refractivity contribution in [2.75, 3.05) is 24.4 Å². The van der Waals surface area contributed by atoms with Crippen molar-refractivity contribution in [1.29, 1.82) is 0 Å². The number of aryl methyl sites for hydroxylation is 2. The first-order valence-corrected chi connectivity index (χ1v) is 8.08. The third-order valence-corrected chi connectivity index (χ3v) is 3.97. The van der Waals surface area contributed by atoms with E-state index in [9.17, 15) is 9.59 Å². The van der Waals surface area contributed by atoms with E-state index in [-0.39, 0.29) is 18.4 Å². The van der Waals surface area contributed by atoms with Crippen LogP contribution in [0.15, 0.2) is 24.3 Å². The van der Waals surface area contributed by atoms with Crippen LogP contribution in [-0.4, -0.2) is 35.3 Å². The monoisotopic (exact) mass is 344 g/mol. The summed E-state index contributed by atoms with van der Waals surface area (Å²) >= 11 is 0. The van der Waals surface area contributed by atoms with Crippen LogP contribution in [0, 0.1) is 13.8 Å². The summed E-state index contributed by atoms with van der Waals surface area (Å²) in [5.74, 6) is -0.323. The lowest BCUT2D eigenvalue weighted by Crippen LogP contribution is -2.17. The summed E-state index contributed by atoms with van der Waals surface area (Å²) in [4.78, 5) is 23.7. The quantitative estimate of drug-likeness (QED) is 0.806. The molecule has 25 heavy (non-hydrogen) atoms. The zero-order chi connectivity index (χ0) is 18.4. The van der Waals surface area contributed by atoms with Crippen molar-refractivity contribution >= 4 is 23.2 Å². The highest BCUT2D eigenvalue weighted by Crippen LogP contribution is 2.17. The molecule has 0 aliphatic heterocycles. The fourth-order valence-electron chi connectivity index (χ4n) is 2.64. The van der Waals surface area contributed by atoms with E-state index in [4.69, 9.17) is 4.74 Å².